The van der Waals surface area contributed by atoms with Crippen molar-refractivity contribution in [3.63, 3.8) is 0 Å². The largest absolute Gasteiger partial charge is 0.737 e. The number of hydrogen-bond donors (Lipinski definition) is 1. The molecule has 0 fully saturated rings. The molecule has 4 nitrogen and oxygen atoms in total. The van der Waals surface area contributed by atoms with Gasteiger partial charge in [0.1, 0.15) is 22.8 Å². The van der Waals surface area contributed by atoms with E-state index in [1.807, 2.05) is 41.5 Å². The number of hydrogen-bond acceptors (Lipinski definition) is 2. The van der Waals surface area contributed by atoms with Crippen molar-refractivity contribution in [1.29, 1.82) is 0 Å². The molecule has 0 bridgehead atoms. The van der Waals surface area contributed by atoms with E-state index >= 15 is 8.63 Å². The van der Waals surface area contributed by atoms with Crippen molar-refractivity contribution >= 4 is 34.2 Å². The minimum absolute atomic E-state index is 0.331. The van der Waals surface area contributed by atoms with E-state index in [1.165, 1.54) is 8.96 Å². The second kappa shape index (κ2) is 7.83. The molecule has 36 heavy (non-hydrogen) atoms. The molecule has 1 aromatic heterocycles. The maximum absolute atomic E-state index is 16.2. The average Bonchev–Trinajstić information content (AvgIpc) is 3.20. The Labute approximate surface area is 220 Å². The fourth-order valence-corrected chi connectivity index (χ4v) is 6.89. The zero-order valence-corrected chi connectivity index (χ0v) is 24.2. The molecular weight excluding hydrogens is 525 g/mol. The quantitative estimate of drug-likeness (QED) is 0.392. The maximum atomic E-state index is 16.2. The summed E-state index contributed by atoms with van der Waals surface area (Å²) in [5.41, 5.74) is 8.99. The molecule has 0 spiro atoms. The second-order valence-electron chi connectivity index (χ2n) is 11.1. The van der Waals surface area contributed by atoms with Crippen LogP contribution in [-0.4, -0.2) is 32.4 Å². The van der Waals surface area contributed by atoms with Gasteiger partial charge in [0, 0.05) is 35.7 Å². The van der Waals surface area contributed by atoms with Crippen LogP contribution in [0.5, 0.6) is 11.5 Å². The number of aromatic nitrogens is 1. The summed E-state index contributed by atoms with van der Waals surface area (Å²) < 4.78 is 42.5. The second-order valence-corrected chi connectivity index (χ2v) is 11.9. The summed E-state index contributed by atoms with van der Waals surface area (Å²) in [6.07, 6.45) is 1.99. The van der Waals surface area contributed by atoms with Crippen LogP contribution in [0.3, 0.4) is 0 Å². The Morgan fingerprint density at radius 3 is 2.28 bits per heavy atom. The van der Waals surface area contributed by atoms with Crippen LogP contribution < -0.4 is 4.74 Å². The van der Waals surface area contributed by atoms with E-state index in [9.17, 15) is 5.11 Å². The number of benzene rings is 1. The highest BCUT2D eigenvalue weighted by Crippen LogP contribution is 2.50. The van der Waals surface area contributed by atoms with Gasteiger partial charge >= 0.3 is 6.97 Å². The summed E-state index contributed by atoms with van der Waals surface area (Å²) >= 11 is 3.59. The zero-order valence-electron chi connectivity index (χ0n) is 22.6. The molecule has 1 unspecified atom stereocenters. The lowest BCUT2D eigenvalue weighted by molar-refractivity contribution is -0.364. The van der Waals surface area contributed by atoms with E-state index in [0.717, 1.165) is 67.6 Å². The zero-order chi connectivity index (χ0) is 26.6. The van der Waals surface area contributed by atoms with E-state index in [0.29, 0.717) is 35.0 Å². The van der Waals surface area contributed by atoms with Gasteiger partial charge in [-0.2, -0.15) is 0 Å². The molecule has 0 radical (unpaired) electrons. The number of rotatable bonds is 2. The molecule has 0 saturated carbocycles. The Hall–Kier alpha value is -2.35. The van der Waals surface area contributed by atoms with Crippen LogP contribution in [0.25, 0.3) is 5.57 Å². The highest BCUT2D eigenvalue weighted by molar-refractivity contribution is 9.12. The van der Waals surface area contributed by atoms with Crippen LogP contribution in [0.15, 0.2) is 15.8 Å². The number of nitrogens with zero attached hydrogens (tertiary/aromatic N) is 2. The Kier molecular flexibility index (Phi) is 5.50. The molecule has 1 N–H and O–H groups in total. The highest BCUT2D eigenvalue weighted by Gasteiger charge is 2.57. The number of ether oxygens (including phenoxy) is 1. The van der Waals surface area contributed by atoms with Crippen LogP contribution in [-0.2, 0) is 6.42 Å². The summed E-state index contributed by atoms with van der Waals surface area (Å²) in [7, 11) is 0. The van der Waals surface area contributed by atoms with Crippen molar-refractivity contribution in [3.05, 3.63) is 60.5 Å². The smallest absolute Gasteiger partial charge is 0.507 e. The van der Waals surface area contributed by atoms with Gasteiger partial charge in [-0.25, -0.2) is 0 Å². The summed E-state index contributed by atoms with van der Waals surface area (Å²) in [4.78, 5) is 0. The van der Waals surface area contributed by atoms with Crippen molar-refractivity contribution in [1.82, 2.24) is 4.48 Å². The molecule has 192 valence electrons. The Morgan fingerprint density at radius 2 is 1.64 bits per heavy atom. The number of phenols is 1. The first-order chi connectivity index (χ1) is 16.6. The lowest BCUT2D eigenvalue weighted by Gasteiger charge is -2.40. The molecule has 5 rings (SSSR count). The molecular formula is C28H34BBrF2N2O2. The van der Waals surface area contributed by atoms with Gasteiger partial charge < -0.3 is 27.4 Å². The van der Waals surface area contributed by atoms with E-state index in [4.69, 9.17) is 4.74 Å². The van der Waals surface area contributed by atoms with Crippen molar-refractivity contribution in [2.45, 2.75) is 87.2 Å². The maximum Gasteiger partial charge on any atom is 0.737 e. The third kappa shape index (κ3) is 3.12. The molecule has 0 amide bonds. The molecule has 8 heteroatoms. The van der Waals surface area contributed by atoms with Gasteiger partial charge in [-0.15, -0.1) is 0 Å². The lowest BCUT2D eigenvalue weighted by Crippen LogP contribution is -2.52. The van der Waals surface area contributed by atoms with Gasteiger partial charge in [0.25, 0.3) is 0 Å². The SMILES string of the molecule is CC1=C(Br)C(C)=[N+]2C1=C(CC1(C)CCc3c(C)c(O)c(C)c(C)c3O1)c1c(C)c(C)c(C)n1[B-]2(F)F. The summed E-state index contributed by atoms with van der Waals surface area (Å²) in [6.45, 7) is 13.2. The minimum atomic E-state index is -4.04. The third-order valence-corrected chi connectivity index (χ3v) is 10.2. The van der Waals surface area contributed by atoms with E-state index in [1.54, 1.807) is 13.8 Å². The van der Waals surface area contributed by atoms with Crippen LogP contribution in [0, 0.1) is 41.5 Å². The standard InChI is InChI=1S/C28H34BBrF2N2O2/c1-13-14(2)24-22(25-18(6)23(30)20(8)34(25)29(31,32)33(24)19(13)7)12-28(9)11-10-21-17(5)26(35)15(3)16(4)27(21)36-28/h35H,10-12H2,1-9H3. The normalized spacial score (nSPS) is 22.7. The van der Waals surface area contributed by atoms with Gasteiger partial charge in [-0.1, -0.05) is 0 Å². The van der Waals surface area contributed by atoms with Gasteiger partial charge in [0.2, 0.25) is 0 Å². The molecule has 0 saturated heterocycles. The van der Waals surface area contributed by atoms with Gasteiger partial charge in [-0.3, -0.25) is 0 Å². The number of phenolic OH excluding ortho intramolecular Hbond substituents is 1. The molecule has 3 aliphatic rings. The van der Waals surface area contributed by atoms with Crippen molar-refractivity contribution in [2.24, 2.45) is 0 Å². The summed E-state index contributed by atoms with van der Waals surface area (Å²) in [5, 5.41) is 10.6. The molecule has 1 aromatic carbocycles. The lowest BCUT2D eigenvalue weighted by atomic mass is 9.79. The highest BCUT2D eigenvalue weighted by atomic mass is 79.9. The molecule has 0 aliphatic carbocycles. The predicted octanol–water partition coefficient (Wildman–Crippen LogP) is 7.32. The van der Waals surface area contributed by atoms with Crippen LogP contribution >= 0.6 is 15.9 Å². The molecule has 4 heterocycles. The first-order valence-electron chi connectivity index (χ1n) is 12.6. The van der Waals surface area contributed by atoms with E-state index in [2.05, 4.69) is 22.9 Å². The Morgan fingerprint density at radius 1 is 1.00 bits per heavy atom. The first kappa shape index (κ1) is 25.3. The number of aromatic hydroxyl groups is 1. The first-order valence-corrected chi connectivity index (χ1v) is 13.4. The van der Waals surface area contributed by atoms with Gasteiger partial charge in [0.05, 0.1) is 4.48 Å². The minimum Gasteiger partial charge on any atom is -0.507 e. The van der Waals surface area contributed by atoms with Crippen LogP contribution in [0.4, 0.5) is 8.63 Å². The topological polar surface area (TPSA) is 37.4 Å². The number of halogens is 3. The van der Waals surface area contributed by atoms with Crippen molar-refractivity contribution in [3.8, 4) is 11.5 Å². The van der Waals surface area contributed by atoms with E-state index in [-0.39, 0.29) is 0 Å². The van der Waals surface area contributed by atoms with Crippen LogP contribution in [0.1, 0.15) is 78.4 Å². The van der Waals surface area contributed by atoms with Crippen molar-refractivity contribution in [2.75, 3.05) is 0 Å². The fraction of sp³-hybridized carbons (Fsp3) is 0.464. The Bertz CT molecular complexity index is 1480. The average molecular weight is 559 g/mol. The van der Waals surface area contributed by atoms with Crippen LogP contribution in [0.2, 0.25) is 0 Å². The Balaban J connectivity index is 1.73. The summed E-state index contributed by atoms with van der Waals surface area (Å²) in [5.74, 6) is 1.16. The molecule has 1 atom stereocenters. The fourth-order valence-electron chi connectivity index (χ4n) is 6.52. The van der Waals surface area contributed by atoms with E-state index < -0.39 is 12.6 Å². The van der Waals surface area contributed by atoms with Gasteiger partial charge in [-0.05, 0) is 118 Å². The summed E-state index contributed by atoms with van der Waals surface area (Å²) in [6, 6.07) is 0. The number of fused-ring (bicyclic) bond motifs is 3. The molecule has 2 aromatic rings. The molecule has 3 aliphatic heterocycles. The van der Waals surface area contributed by atoms with Crippen molar-refractivity contribution < 1.29 is 23.0 Å². The number of allylic oxidation sites excluding steroid dienone is 2. The monoisotopic (exact) mass is 558 g/mol. The third-order valence-electron chi connectivity index (χ3n) is 9.00. The van der Waals surface area contributed by atoms with Gasteiger partial charge in [0.15, 0.2) is 5.70 Å². The predicted molar refractivity (Wildman–Crippen MR) is 146 cm³/mol.